The molecule has 1 amide bonds. The summed E-state index contributed by atoms with van der Waals surface area (Å²) in [6, 6.07) is 1.49. The number of allylic oxidation sites excluding steroid dienone is 1. The average molecular weight is 319 g/mol. The Kier molecular flexibility index (Phi) is 3.44. The number of carbonyl (C=O) groups excluding carboxylic acids is 1. The van der Waals surface area contributed by atoms with E-state index in [0.717, 1.165) is 11.4 Å². The van der Waals surface area contributed by atoms with Gasteiger partial charge in [-0.25, -0.2) is 4.68 Å². The van der Waals surface area contributed by atoms with Crippen LogP contribution in [0.5, 0.6) is 0 Å². The lowest BCUT2D eigenvalue weighted by Crippen LogP contribution is -2.32. The molecule has 3 rings (SSSR count). The Balaban J connectivity index is 2.24. The molecule has 0 saturated carbocycles. The first kappa shape index (κ1) is 14.6. The van der Waals surface area contributed by atoms with Crippen molar-refractivity contribution in [2.75, 3.05) is 11.6 Å². The first-order valence-electron chi connectivity index (χ1n) is 6.71. The zero-order chi connectivity index (χ0) is 16.0. The number of aryl methyl sites for hydroxylation is 2. The summed E-state index contributed by atoms with van der Waals surface area (Å²) in [5.74, 6) is 0.108. The molecule has 9 heteroatoms. The summed E-state index contributed by atoms with van der Waals surface area (Å²) < 4.78 is 3.43. The van der Waals surface area contributed by atoms with Gasteiger partial charge in [0, 0.05) is 12.7 Å². The molecular formula is C13H17N7OS. The van der Waals surface area contributed by atoms with Crippen LogP contribution in [0.4, 0.5) is 5.95 Å². The predicted molar refractivity (Wildman–Crippen MR) is 83.4 cm³/mol. The second-order valence-corrected chi connectivity index (χ2v) is 5.90. The molecule has 0 saturated heterocycles. The fourth-order valence-corrected chi connectivity index (χ4v) is 3.04. The largest absolute Gasteiger partial charge is 0.366 e. The fraction of sp³-hybridized carbons (Fsp3) is 0.385. The monoisotopic (exact) mass is 319 g/mol. The van der Waals surface area contributed by atoms with Gasteiger partial charge in [0.1, 0.15) is 6.04 Å². The number of hydrogen-bond acceptors (Lipinski definition) is 6. The minimum atomic E-state index is -0.485. The third kappa shape index (κ3) is 2.17. The molecule has 3 heterocycles. The summed E-state index contributed by atoms with van der Waals surface area (Å²) in [5, 5.41) is 12.6. The molecule has 0 unspecified atom stereocenters. The number of nitrogens with one attached hydrogen (secondary N) is 1. The molecule has 8 nitrogen and oxygen atoms in total. The number of nitrogens with zero attached hydrogens (tertiary/aromatic N) is 5. The van der Waals surface area contributed by atoms with Crippen molar-refractivity contribution in [3.8, 4) is 0 Å². The Morgan fingerprint density at radius 1 is 1.41 bits per heavy atom. The molecule has 22 heavy (non-hydrogen) atoms. The van der Waals surface area contributed by atoms with Crippen LogP contribution in [0.1, 0.15) is 24.4 Å². The van der Waals surface area contributed by atoms with Crippen LogP contribution in [0.25, 0.3) is 0 Å². The fourth-order valence-electron chi connectivity index (χ4n) is 2.70. The third-order valence-corrected chi connectivity index (χ3v) is 4.14. The van der Waals surface area contributed by atoms with Gasteiger partial charge in [-0.2, -0.15) is 10.1 Å². The Bertz CT molecular complexity index is 788. The van der Waals surface area contributed by atoms with Crippen LogP contribution in [-0.2, 0) is 11.8 Å². The lowest BCUT2D eigenvalue weighted by atomic mass is 9.99. The van der Waals surface area contributed by atoms with Gasteiger partial charge < -0.3 is 11.1 Å². The molecule has 0 aromatic carbocycles. The van der Waals surface area contributed by atoms with Gasteiger partial charge in [-0.15, -0.1) is 5.10 Å². The topological polar surface area (TPSA) is 104 Å². The molecule has 3 N–H and O–H groups in total. The van der Waals surface area contributed by atoms with Crippen LogP contribution in [0.15, 0.2) is 22.5 Å². The van der Waals surface area contributed by atoms with Crippen molar-refractivity contribution in [3.63, 3.8) is 0 Å². The second kappa shape index (κ2) is 5.16. The van der Waals surface area contributed by atoms with Gasteiger partial charge in [-0.1, -0.05) is 11.8 Å². The Morgan fingerprint density at radius 3 is 2.68 bits per heavy atom. The molecule has 0 radical (unpaired) electrons. The van der Waals surface area contributed by atoms with Crippen LogP contribution in [0, 0.1) is 6.92 Å². The number of aromatic nitrogens is 5. The minimum absolute atomic E-state index is 0.437. The zero-order valence-corrected chi connectivity index (χ0v) is 13.6. The van der Waals surface area contributed by atoms with Crippen molar-refractivity contribution in [2.45, 2.75) is 25.0 Å². The van der Waals surface area contributed by atoms with Crippen molar-refractivity contribution in [2.24, 2.45) is 12.8 Å². The lowest BCUT2D eigenvalue weighted by molar-refractivity contribution is -0.115. The molecular weight excluding hydrogens is 302 g/mol. The van der Waals surface area contributed by atoms with Crippen molar-refractivity contribution in [3.05, 3.63) is 28.7 Å². The van der Waals surface area contributed by atoms with E-state index >= 15 is 0 Å². The smallest absolute Gasteiger partial charge is 0.248 e. The SMILES string of the molecule is CSc1nc2n(n1)[C@@H](c1cc(C)nn1C)C(C(N)=O)=C(C)N2. The molecule has 2 aromatic rings. The predicted octanol–water partition coefficient (Wildman–Crippen LogP) is 0.816. The molecule has 2 aromatic heterocycles. The number of nitrogens with two attached hydrogens (primary N) is 1. The maximum Gasteiger partial charge on any atom is 0.248 e. The number of hydrogen-bond donors (Lipinski definition) is 2. The Hall–Kier alpha value is -2.29. The molecule has 1 aliphatic rings. The van der Waals surface area contributed by atoms with Crippen molar-refractivity contribution in [1.29, 1.82) is 0 Å². The molecule has 0 spiro atoms. The van der Waals surface area contributed by atoms with Gasteiger partial charge in [0.25, 0.3) is 0 Å². The number of fused-ring (bicyclic) bond motifs is 1. The van der Waals surface area contributed by atoms with Crippen LogP contribution >= 0.6 is 11.8 Å². The van der Waals surface area contributed by atoms with Crippen molar-refractivity contribution < 1.29 is 4.79 Å². The average Bonchev–Trinajstić information content (AvgIpc) is 2.99. The summed E-state index contributed by atoms with van der Waals surface area (Å²) in [5.41, 5.74) is 8.46. The van der Waals surface area contributed by atoms with Crippen molar-refractivity contribution >= 4 is 23.6 Å². The lowest BCUT2D eigenvalue weighted by Gasteiger charge is -2.27. The van der Waals surface area contributed by atoms with Gasteiger partial charge >= 0.3 is 0 Å². The Labute approximate surface area is 131 Å². The number of thioether (sulfide) groups is 1. The van der Waals surface area contributed by atoms with E-state index in [1.54, 1.807) is 9.36 Å². The molecule has 0 fully saturated rings. The summed E-state index contributed by atoms with van der Waals surface area (Å²) in [7, 11) is 1.84. The number of amides is 1. The van der Waals surface area contributed by atoms with Gasteiger partial charge in [0.05, 0.1) is 17.0 Å². The first-order valence-corrected chi connectivity index (χ1v) is 7.93. The van der Waals surface area contributed by atoms with Crippen molar-refractivity contribution in [1.82, 2.24) is 24.5 Å². The quantitative estimate of drug-likeness (QED) is 0.812. The van der Waals surface area contributed by atoms with E-state index < -0.39 is 11.9 Å². The maximum atomic E-state index is 12.0. The Morgan fingerprint density at radius 2 is 2.14 bits per heavy atom. The third-order valence-electron chi connectivity index (χ3n) is 3.60. The normalized spacial score (nSPS) is 17.4. The number of anilines is 1. The van der Waals surface area contributed by atoms with Crippen LogP contribution in [-0.4, -0.2) is 36.7 Å². The second-order valence-electron chi connectivity index (χ2n) is 5.13. The number of primary amides is 1. The van der Waals surface area contributed by atoms with E-state index in [4.69, 9.17) is 5.73 Å². The van der Waals surface area contributed by atoms with E-state index in [1.165, 1.54) is 11.8 Å². The summed E-state index contributed by atoms with van der Waals surface area (Å²) in [6.07, 6.45) is 1.90. The molecule has 1 atom stereocenters. The number of rotatable bonds is 3. The van der Waals surface area contributed by atoms with Gasteiger partial charge in [-0.05, 0) is 26.2 Å². The molecule has 0 aliphatic carbocycles. The van der Waals surface area contributed by atoms with Gasteiger partial charge in [-0.3, -0.25) is 9.48 Å². The van der Waals surface area contributed by atoms with Crippen LogP contribution < -0.4 is 11.1 Å². The van der Waals surface area contributed by atoms with E-state index in [1.807, 2.05) is 33.2 Å². The molecule has 116 valence electrons. The molecule has 1 aliphatic heterocycles. The summed E-state index contributed by atoms with van der Waals surface area (Å²) in [4.78, 5) is 16.4. The van der Waals surface area contributed by atoms with Crippen LogP contribution in [0.2, 0.25) is 0 Å². The highest BCUT2D eigenvalue weighted by atomic mass is 32.2. The van der Waals surface area contributed by atoms with Crippen LogP contribution in [0.3, 0.4) is 0 Å². The summed E-state index contributed by atoms with van der Waals surface area (Å²) >= 11 is 1.44. The van der Waals surface area contributed by atoms with Gasteiger partial charge in [0.15, 0.2) is 0 Å². The highest BCUT2D eigenvalue weighted by Crippen LogP contribution is 2.35. The van der Waals surface area contributed by atoms with E-state index in [9.17, 15) is 4.79 Å². The zero-order valence-electron chi connectivity index (χ0n) is 12.8. The van der Waals surface area contributed by atoms with Gasteiger partial charge in [0.2, 0.25) is 17.0 Å². The van der Waals surface area contributed by atoms with E-state index in [2.05, 4.69) is 20.5 Å². The standard InChI is InChI=1S/C13H17N7OS/c1-6-5-8(19(3)17-6)10-9(11(14)21)7(2)15-12-16-13(22-4)18-20(10)12/h5,10H,1-4H3,(H2,14,21)(H,15,16,18)/t10-/m0/s1. The highest BCUT2D eigenvalue weighted by molar-refractivity contribution is 7.98. The molecule has 0 bridgehead atoms. The highest BCUT2D eigenvalue weighted by Gasteiger charge is 2.35. The first-order chi connectivity index (χ1) is 10.4. The van der Waals surface area contributed by atoms with E-state index in [0.29, 0.717) is 22.4 Å². The van der Waals surface area contributed by atoms with E-state index in [-0.39, 0.29) is 0 Å². The maximum absolute atomic E-state index is 12.0. The summed E-state index contributed by atoms with van der Waals surface area (Å²) in [6.45, 7) is 3.72. The minimum Gasteiger partial charge on any atom is -0.366 e. The number of carbonyl (C=O) groups is 1.